The van der Waals surface area contributed by atoms with Crippen molar-refractivity contribution in [2.45, 2.75) is 26.2 Å². The fraction of sp³-hybridized carbons (Fsp3) is 0.478. The molecule has 0 unspecified atom stereocenters. The molecule has 9 heteroatoms. The number of nitrogens with zero attached hydrogens (tertiary/aromatic N) is 4. The summed E-state index contributed by atoms with van der Waals surface area (Å²) in [7, 11) is -3.69. The van der Waals surface area contributed by atoms with E-state index in [9.17, 15) is 13.2 Å². The van der Waals surface area contributed by atoms with Crippen molar-refractivity contribution >= 4 is 27.5 Å². The molecule has 1 fully saturated rings. The van der Waals surface area contributed by atoms with Crippen LogP contribution in [-0.2, 0) is 27.8 Å². The van der Waals surface area contributed by atoms with E-state index in [4.69, 9.17) is 4.18 Å². The average molecular weight is 459 g/mol. The van der Waals surface area contributed by atoms with Crippen LogP contribution >= 0.6 is 0 Å². The Morgan fingerprint density at radius 1 is 1.09 bits per heavy atom. The molecule has 32 heavy (non-hydrogen) atoms. The van der Waals surface area contributed by atoms with Crippen molar-refractivity contribution in [3.8, 4) is 5.75 Å². The molecule has 0 atom stereocenters. The van der Waals surface area contributed by atoms with Gasteiger partial charge in [-0.05, 0) is 48.6 Å². The van der Waals surface area contributed by atoms with Gasteiger partial charge in [0, 0.05) is 52.4 Å². The normalized spacial score (nSPS) is 17.2. The second kappa shape index (κ2) is 9.46. The maximum absolute atomic E-state index is 12.2. The summed E-state index contributed by atoms with van der Waals surface area (Å²) in [6.45, 7) is 6.80. The molecule has 2 aliphatic rings. The van der Waals surface area contributed by atoms with Gasteiger partial charge in [-0.15, -0.1) is 0 Å². The van der Waals surface area contributed by atoms with Crippen LogP contribution in [0.2, 0.25) is 0 Å². The highest BCUT2D eigenvalue weighted by Gasteiger charge is 2.28. The summed E-state index contributed by atoms with van der Waals surface area (Å²) in [5, 5.41) is 0. The van der Waals surface area contributed by atoms with Gasteiger partial charge in [-0.2, -0.15) is 8.42 Å². The summed E-state index contributed by atoms with van der Waals surface area (Å²) in [4.78, 5) is 23.1. The Kier molecular flexibility index (Phi) is 6.66. The van der Waals surface area contributed by atoms with E-state index in [-0.39, 0.29) is 11.7 Å². The van der Waals surface area contributed by atoms with Crippen molar-refractivity contribution in [2.75, 3.05) is 55.3 Å². The van der Waals surface area contributed by atoms with Gasteiger partial charge in [-0.1, -0.05) is 12.1 Å². The van der Waals surface area contributed by atoms with Crippen LogP contribution in [0.15, 0.2) is 36.5 Å². The lowest BCUT2D eigenvalue weighted by Crippen LogP contribution is -2.47. The van der Waals surface area contributed by atoms with E-state index in [0.29, 0.717) is 12.2 Å². The molecule has 3 heterocycles. The third-order valence-corrected chi connectivity index (χ3v) is 6.57. The SMILES string of the molecule is CC(=O)N1CCCc2c(CCN3CCN(c4ccccn4)CC3)ccc(OS(C)(=O)=O)c21. The quantitative estimate of drug-likeness (QED) is 0.613. The monoisotopic (exact) mass is 458 g/mol. The van der Waals surface area contributed by atoms with Crippen LogP contribution < -0.4 is 14.0 Å². The fourth-order valence-electron chi connectivity index (χ4n) is 4.56. The highest BCUT2D eigenvalue weighted by Crippen LogP contribution is 2.39. The van der Waals surface area contributed by atoms with E-state index in [0.717, 1.165) is 75.2 Å². The molecule has 1 aromatic carbocycles. The number of hydrogen-bond acceptors (Lipinski definition) is 7. The Hall–Kier alpha value is -2.65. The van der Waals surface area contributed by atoms with Gasteiger partial charge in [-0.25, -0.2) is 4.98 Å². The average Bonchev–Trinajstić information content (AvgIpc) is 2.78. The van der Waals surface area contributed by atoms with E-state index in [1.807, 2.05) is 30.5 Å². The smallest absolute Gasteiger partial charge is 0.306 e. The number of benzene rings is 1. The van der Waals surface area contributed by atoms with Gasteiger partial charge >= 0.3 is 10.1 Å². The van der Waals surface area contributed by atoms with Crippen molar-refractivity contribution in [1.29, 1.82) is 0 Å². The number of aromatic nitrogens is 1. The predicted molar refractivity (Wildman–Crippen MR) is 125 cm³/mol. The van der Waals surface area contributed by atoms with Crippen LogP contribution in [0.5, 0.6) is 5.75 Å². The number of hydrogen-bond donors (Lipinski definition) is 0. The summed E-state index contributed by atoms with van der Waals surface area (Å²) in [6, 6.07) is 9.63. The van der Waals surface area contributed by atoms with Crippen molar-refractivity contribution in [2.24, 2.45) is 0 Å². The lowest BCUT2D eigenvalue weighted by Gasteiger charge is -2.36. The first-order valence-electron chi connectivity index (χ1n) is 11.0. The molecular weight excluding hydrogens is 428 g/mol. The summed E-state index contributed by atoms with van der Waals surface area (Å²) >= 11 is 0. The zero-order valence-electron chi connectivity index (χ0n) is 18.7. The maximum Gasteiger partial charge on any atom is 0.306 e. The first kappa shape index (κ1) is 22.5. The highest BCUT2D eigenvalue weighted by molar-refractivity contribution is 7.86. The largest absolute Gasteiger partial charge is 0.380 e. The number of pyridine rings is 1. The third kappa shape index (κ3) is 5.21. The molecule has 0 spiro atoms. The van der Waals surface area contributed by atoms with Crippen LogP contribution in [0.3, 0.4) is 0 Å². The van der Waals surface area contributed by atoms with Crippen LogP contribution in [0.1, 0.15) is 24.5 Å². The second-order valence-electron chi connectivity index (χ2n) is 8.38. The molecule has 1 aromatic heterocycles. The third-order valence-electron chi connectivity index (χ3n) is 6.09. The number of amides is 1. The summed E-state index contributed by atoms with van der Waals surface area (Å²) in [5.41, 5.74) is 2.80. The molecule has 1 saturated heterocycles. The lowest BCUT2D eigenvalue weighted by molar-refractivity contribution is -0.116. The maximum atomic E-state index is 12.2. The minimum atomic E-state index is -3.69. The van der Waals surface area contributed by atoms with Gasteiger partial charge in [0.1, 0.15) is 5.82 Å². The van der Waals surface area contributed by atoms with Crippen LogP contribution in [0, 0.1) is 0 Å². The molecule has 4 rings (SSSR count). The summed E-state index contributed by atoms with van der Waals surface area (Å²) in [6.07, 6.45) is 5.36. The van der Waals surface area contributed by atoms with Crippen molar-refractivity contribution in [3.63, 3.8) is 0 Å². The van der Waals surface area contributed by atoms with Crippen molar-refractivity contribution < 1.29 is 17.4 Å². The molecule has 8 nitrogen and oxygen atoms in total. The first-order chi connectivity index (χ1) is 15.3. The highest BCUT2D eigenvalue weighted by atomic mass is 32.2. The van der Waals surface area contributed by atoms with Crippen LogP contribution in [0.4, 0.5) is 11.5 Å². The van der Waals surface area contributed by atoms with Crippen molar-refractivity contribution in [3.05, 3.63) is 47.7 Å². The fourth-order valence-corrected chi connectivity index (χ4v) is 5.02. The Bertz CT molecular complexity index is 1070. The molecule has 0 bridgehead atoms. The molecular formula is C23H30N4O4S. The Morgan fingerprint density at radius 3 is 2.53 bits per heavy atom. The zero-order valence-corrected chi connectivity index (χ0v) is 19.5. The number of fused-ring (bicyclic) bond motifs is 1. The first-order valence-corrected chi connectivity index (χ1v) is 12.8. The number of rotatable bonds is 6. The van der Waals surface area contributed by atoms with Gasteiger partial charge in [0.05, 0.1) is 11.9 Å². The number of carbonyl (C=O) groups is 1. The predicted octanol–water partition coefficient (Wildman–Crippen LogP) is 2.08. The zero-order chi connectivity index (χ0) is 22.7. The van der Waals surface area contributed by atoms with E-state index in [2.05, 4.69) is 14.8 Å². The summed E-state index contributed by atoms with van der Waals surface area (Å²) in [5.74, 6) is 1.16. The number of anilines is 2. The van der Waals surface area contributed by atoms with Crippen molar-refractivity contribution in [1.82, 2.24) is 9.88 Å². The standard InChI is InChI=1S/C23H30N4O4S/c1-18(28)27-12-5-6-20-19(8-9-21(23(20)27)31-32(2,29)30)10-13-25-14-16-26(17-15-25)22-7-3-4-11-24-22/h3-4,7-9,11H,5-6,10,12-17H2,1-2H3. The second-order valence-corrected chi connectivity index (χ2v) is 9.95. The minimum absolute atomic E-state index is 0.105. The van der Waals surface area contributed by atoms with E-state index >= 15 is 0 Å². The van der Waals surface area contributed by atoms with E-state index in [1.54, 1.807) is 11.0 Å². The van der Waals surface area contributed by atoms with Gasteiger partial charge in [0.2, 0.25) is 5.91 Å². The molecule has 0 radical (unpaired) electrons. The molecule has 0 saturated carbocycles. The molecule has 2 aromatic rings. The molecule has 1 amide bonds. The minimum Gasteiger partial charge on any atom is -0.380 e. The Balaban J connectivity index is 1.47. The van der Waals surface area contributed by atoms with Gasteiger partial charge in [0.15, 0.2) is 5.75 Å². The van der Waals surface area contributed by atoms with Gasteiger partial charge in [-0.3, -0.25) is 9.69 Å². The van der Waals surface area contributed by atoms with Crippen LogP contribution in [-0.4, -0.2) is 69.7 Å². The Labute approximate surface area is 189 Å². The van der Waals surface area contributed by atoms with Gasteiger partial charge in [0.25, 0.3) is 0 Å². The lowest BCUT2D eigenvalue weighted by atomic mass is 9.93. The molecule has 2 aliphatic heterocycles. The summed E-state index contributed by atoms with van der Waals surface area (Å²) < 4.78 is 28.8. The number of piperazine rings is 1. The molecule has 0 N–H and O–H groups in total. The number of carbonyl (C=O) groups excluding carboxylic acids is 1. The Morgan fingerprint density at radius 2 is 1.88 bits per heavy atom. The molecule has 172 valence electrons. The van der Waals surface area contributed by atoms with Gasteiger partial charge < -0.3 is 14.0 Å². The van der Waals surface area contributed by atoms with E-state index < -0.39 is 10.1 Å². The van der Waals surface area contributed by atoms with E-state index in [1.165, 1.54) is 6.92 Å². The molecule has 0 aliphatic carbocycles. The van der Waals surface area contributed by atoms with Crippen LogP contribution in [0.25, 0.3) is 0 Å². The topological polar surface area (TPSA) is 83.1 Å².